The lowest BCUT2D eigenvalue weighted by Gasteiger charge is -2.02. The molecule has 21 heavy (non-hydrogen) atoms. The minimum absolute atomic E-state index is 0.0910. The smallest absolute Gasteiger partial charge is 0.261 e. The van der Waals surface area contributed by atoms with E-state index in [1.165, 1.54) is 11.3 Å². The second-order valence-electron chi connectivity index (χ2n) is 4.48. The lowest BCUT2D eigenvalue weighted by molar-refractivity contribution is 0.0955. The highest BCUT2D eigenvalue weighted by Gasteiger charge is 2.11. The van der Waals surface area contributed by atoms with Crippen LogP contribution in [-0.4, -0.2) is 22.2 Å². The summed E-state index contributed by atoms with van der Waals surface area (Å²) in [6, 6.07) is 3.62. The summed E-state index contributed by atoms with van der Waals surface area (Å²) in [4.78, 5) is 13.6. The molecule has 110 valence electrons. The van der Waals surface area contributed by atoms with E-state index in [-0.39, 0.29) is 5.91 Å². The fourth-order valence-corrected chi connectivity index (χ4v) is 2.75. The summed E-state index contributed by atoms with van der Waals surface area (Å²) in [5.74, 6) is 5.61. The molecule has 0 aliphatic carbocycles. The van der Waals surface area contributed by atoms with Gasteiger partial charge in [-0.1, -0.05) is 18.8 Å². The van der Waals surface area contributed by atoms with Crippen molar-refractivity contribution in [3.63, 3.8) is 0 Å². The van der Waals surface area contributed by atoms with Gasteiger partial charge in [-0.05, 0) is 18.6 Å². The van der Waals surface area contributed by atoms with Crippen LogP contribution in [-0.2, 0) is 20.0 Å². The third-order valence-electron chi connectivity index (χ3n) is 2.91. The van der Waals surface area contributed by atoms with Gasteiger partial charge in [0.05, 0.1) is 22.0 Å². The van der Waals surface area contributed by atoms with Gasteiger partial charge in [-0.25, -0.2) is 0 Å². The van der Waals surface area contributed by atoms with Gasteiger partial charge in [0.2, 0.25) is 0 Å². The normalized spacial score (nSPS) is 10.0. The van der Waals surface area contributed by atoms with Crippen LogP contribution in [0.5, 0.6) is 0 Å². The molecule has 2 aromatic heterocycles. The van der Waals surface area contributed by atoms with E-state index in [4.69, 9.17) is 5.73 Å². The number of nitrogens with zero attached hydrogens (tertiary/aromatic N) is 2. The van der Waals surface area contributed by atoms with Gasteiger partial charge < -0.3 is 11.1 Å². The third-order valence-corrected chi connectivity index (χ3v) is 3.91. The number of carbonyl (C=O) groups is 1. The van der Waals surface area contributed by atoms with Crippen molar-refractivity contribution < 1.29 is 4.79 Å². The van der Waals surface area contributed by atoms with Crippen LogP contribution in [0.15, 0.2) is 18.3 Å². The fraction of sp³-hybridized carbons (Fsp3) is 0.333. The topological polar surface area (TPSA) is 72.9 Å². The van der Waals surface area contributed by atoms with Gasteiger partial charge in [0.15, 0.2) is 0 Å². The van der Waals surface area contributed by atoms with Gasteiger partial charge in [0.25, 0.3) is 5.91 Å². The lowest BCUT2D eigenvalue weighted by Crippen LogP contribution is -2.22. The first kappa shape index (κ1) is 15.3. The third kappa shape index (κ3) is 3.94. The Morgan fingerprint density at radius 2 is 2.33 bits per heavy atom. The van der Waals surface area contributed by atoms with Crippen molar-refractivity contribution in [1.29, 1.82) is 0 Å². The van der Waals surface area contributed by atoms with E-state index in [9.17, 15) is 4.79 Å². The van der Waals surface area contributed by atoms with Crippen molar-refractivity contribution in [1.82, 2.24) is 15.1 Å². The minimum Gasteiger partial charge on any atom is -0.347 e. The molecule has 5 nitrogen and oxygen atoms in total. The Morgan fingerprint density at radius 1 is 1.52 bits per heavy atom. The van der Waals surface area contributed by atoms with Crippen LogP contribution in [0.25, 0.3) is 0 Å². The molecule has 0 aliphatic rings. The molecule has 0 atom stereocenters. The number of hydrogen-bond acceptors (Lipinski definition) is 4. The Hall–Kier alpha value is -2.10. The standard InChI is InChI=1S/C15H18N4OS/c1-3-13-11(10-19(2)18-13)9-17-15(20)14-7-6-12(21-14)5-4-8-16/h6-7,10H,3,8-9,16H2,1-2H3,(H,17,20). The maximum Gasteiger partial charge on any atom is 0.261 e. The first-order valence-corrected chi connectivity index (χ1v) is 7.54. The van der Waals surface area contributed by atoms with E-state index < -0.39 is 0 Å². The molecule has 0 saturated carbocycles. The summed E-state index contributed by atoms with van der Waals surface area (Å²) in [5, 5.41) is 7.27. The van der Waals surface area contributed by atoms with E-state index in [0.29, 0.717) is 18.0 Å². The number of carbonyl (C=O) groups excluding carboxylic acids is 1. The predicted octanol–water partition coefficient (Wildman–Crippen LogP) is 1.28. The maximum atomic E-state index is 12.1. The van der Waals surface area contributed by atoms with Crippen LogP contribution in [0.3, 0.4) is 0 Å². The van der Waals surface area contributed by atoms with Crippen molar-refractivity contribution in [3.05, 3.63) is 39.3 Å². The van der Waals surface area contributed by atoms with Crippen LogP contribution in [0, 0.1) is 11.8 Å². The summed E-state index contributed by atoms with van der Waals surface area (Å²) in [6.07, 6.45) is 2.79. The zero-order chi connectivity index (χ0) is 15.2. The van der Waals surface area contributed by atoms with Crippen molar-refractivity contribution in [3.8, 4) is 11.8 Å². The number of hydrogen-bond donors (Lipinski definition) is 2. The van der Waals surface area contributed by atoms with Gasteiger partial charge in [-0.2, -0.15) is 5.10 Å². The summed E-state index contributed by atoms with van der Waals surface area (Å²) in [7, 11) is 1.88. The molecule has 2 heterocycles. The first-order valence-electron chi connectivity index (χ1n) is 6.72. The summed E-state index contributed by atoms with van der Waals surface area (Å²) in [6.45, 7) is 2.85. The van der Waals surface area contributed by atoms with Crippen molar-refractivity contribution in [2.75, 3.05) is 6.54 Å². The van der Waals surface area contributed by atoms with Crippen LogP contribution in [0.4, 0.5) is 0 Å². The molecule has 0 radical (unpaired) electrons. The van der Waals surface area contributed by atoms with Crippen molar-refractivity contribution >= 4 is 17.2 Å². The van der Waals surface area contributed by atoms with E-state index in [1.54, 1.807) is 10.7 Å². The Kier molecular flexibility index (Phi) is 5.14. The van der Waals surface area contributed by atoms with Crippen molar-refractivity contribution in [2.24, 2.45) is 12.8 Å². The second-order valence-corrected chi connectivity index (χ2v) is 5.56. The summed E-state index contributed by atoms with van der Waals surface area (Å²) < 4.78 is 1.77. The average Bonchev–Trinajstić information content (AvgIpc) is 3.08. The highest BCUT2D eigenvalue weighted by atomic mass is 32.1. The van der Waals surface area contributed by atoms with Crippen LogP contribution in [0.1, 0.15) is 32.7 Å². The van der Waals surface area contributed by atoms with E-state index in [2.05, 4.69) is 29.2 Å². The second kappa shape index (κ2) is 7.07. The Morgan fingerprint density at radius 3 is 3.05 bits per heavy atom. The van der Waals surface area contributed by atoms with Gasteiger partial charge in [0.1, 0.15) is 0 Å². The lowest BCUT2D eigenvalue weighted by atomic mass is 10.2. The number of aryl methyl sites for hydroxylation is 2. The molecule has 0 bridgehead atoms. The fourth-order valence-electron chi connectivity index (χ4n) is 1.96. The number of amides is 1. The molecule has 0 fully saturated rings. The SMILES string of the molecule is CCc1nn(C)cc1CNC(=O)c1ccc(C#CCN)s1. The Labute approximate surface area is 128 Å². The van der Waals surface area contributed by atoms with E-state index in [1.807, 2.05) is 19.3 Å². The molecule has 3 N–H and O–H groups in total. The van der Waals surface area contributed by atoms with E-state index in [0.717, 1.165) is 22.6 Å². The van der Waals surface area contributed by atoms with Crippen LogP contribution in [0.2, 0.25) is 0 Å². The van der Waals surface area contributed by atoms with Crippen LogP contribution < -0.4 is 11.1 Å². The monoisotopic (exact) mass is 302 g/mol. The highest BCUT2D eigenvalue weighted by Crippen LogP contribution is 2.15. The largest absolute Gasteiger partial charge is 0.347 e. The van der Waals surface area contributed by atoms with Gasteiger partial charge >= 0.3 is 0 Å². The molecule has 0 spiro atoms. The van der Waals surface area contributed by atoms with Gasteiger partial charge in [0, 0.05) is 25.4 Å². The average molecular weight is 302 g/mol. The molecule has 2 rings (SSSR count). The molecule has 1 amide bonds. The Bertz CT molecular complexity index is 690. The Balaban J connectivity index is 1.99. The predicted molar refractivity (Wildman–Crippen MR) is 84.0 cm³/mol. The maximum absolute atomic E-state index is 12.1. The molecule has 0 aliphatic heterocycles. The van der Waals surface area contributed by atoms with Crippen molar-refractivity contribution in [2.45, 2.75) is 19.9 Å². The van der Waals surface area contributed by atoms with Gasteiger partial charge in [-0.15, -0.1) is 11.3 Å². The number of nitrogens with one attached hydrogen (secondary N) is 1. The summed E-state index contributed by atoms with van der Waals surface area (Å²) in [5.41, 5.74) is 7.39. The highest BCUT2D eigenvalue weighted by molar-refractivity contribution is 7.14. The summed E-state index contributed by atoms with van der Waals surface area (Å²) >= 11 is 1.37. The number of thiophene rings is 1. The zero-order valence-corrected chi connectivity index (χ0v) is 13.0. The zero-order valence-electron chi connectivity index (χ0n) is 12.1. The molecule has 0 unspecified atom stereocenters. The minimum atomic E-state index is -0.0910. The number of nitrogens with two attached hydrogens (primary N) is 1. The van der Waals surface area contributed by atoms with Crippen LogP contribution >= 0.6 is 11.3 Å². The molecular formula is C15H18N4OS. The number of aromatic nitrogens is 2. The first-order chi connectivity index (χ1) is 10.1. The molecule has 2 aromatic rings. The number of rotatable bonds is 4. The molecule has 0 aromatic carbocycles. The van der Waals surface area contributed by atoms with Gasteiger partial charge in [-0.3, -0.25) is 9.48 Å². The molecule has 6 heteroatoms. The molecule has 0 saturated heterocycles. The quantitative estimate of drug-likeness (QED) is 0.836. The van der Waals surface area contributed by atoms with E-state index >= 15 is 0 Å². The molecular weight excluding hydrogens is 284 g/mol.